The van der Waals surface area contributed by atoms with Crippen molar-refractivity contribution in [3.63, 3.8) is 0 Å². The predicted molar refractivity (Wildman–Crippen MR) is 159 cm³/mol. The monoisotopic (exact) mass is 526 g/mol. The third kappa shape index (κ3) is 11.0. The summed E-state index contributed by atoms with van der Waals surface area (Å²) in [5.74, 6) is -0.120. The number of unbranched alkanes of at least 4 members (excludes halogenated alkanes) is 10. The van der Waals surface area contributed by atoms with Crippen LogP contribution in [0, 0.1) is 18.3 Å². The van der Waals surface area contributed by atoms with E-state index in [1.807, 2.05) is 13.0 Å². The van der Waals surface area contributed by atoms with Crippen LogP contribution < -0.4 is 21.1 Å². The molecule has 0 radical (unpaired) electrons. The summed E-state index contributed by atoms with van der Waals surface area (Å²) >= 11 is 1.24. The van der Waals surface area contributed by atoms with Crippen LogP contribution in [0.2, 0.25) is 0 Å². The Hall–Kier alpha value is -2.79. The summed E-state index contributed by atoms with van der Waals surface area (Å²) in [5, 5.41) is 13.0. The van der Waals surface area contributed by atoms with E-state index in [0.717, 1.165) is 24.5 Å². The maximum atomic E-state index is 12.0. The first-order chi connectivity index (χ1) is 18.0. The smallest absolute Gasteiger partial charge is 0.221 e. The first kappa shape index (κ1) is 30.4. The second-order valence-corrected chi connectivity index (χ2v) is 10.5. The number of hydrogen-bond donors (Lipinski definition) is 3. The van der Waals surface area contributed by atoms with E-state index >= 15 is 0 Å². The zero-order chi connectivity index (χ0) is 26.9. The van der Waals surface area contributed by atoms with Crippen molar-refractivity contribution < 1.29 is 4.79 Å². The van der Waals surface area contributed by atoms with E-state index in [4.69, 9.17) is 0 Å². The molecule has 1 amide bonds. The number of carbonyl (C=O) groups excluding carboxylic acids is 1. The van der Waals surface area contributed by atoms with Crippen molar-refractivity contribution in [2.24, 2.45) is 0 Å². The molecule has 37 heavy (non-hydrogen) atoms. The molecule has 0 bridgehead atoms. The molecule has 0 fully saturated rings. The fourth-order valence-corrected chi connectivity index (χ4v) is 5.08. The van der Waals surface area contributed by atoms with E-state index in [9.17, 15) is 10.1 Å². The van der Waals surface area contributed by atoms with Gasteiger partial charge in [0, 0.05) is 25.7 Å². The molecule has 1 aromatic heterocycles. The molecule has 0 unspecified atom stereocenters. The van der Waals surface area contributed by atoms with Gasteiger partial charge >= 0.3 is 0 Å². The standard InChI is InChI=1S/C29H46N6OS/c1-5-7-9-11-13-15-19-35(20-16-14-12-10-8-6-2)25-17-18-27(28(21-25)31-24(4)36)32-33-29-26(22-30)23(3)34-37-29/h17-18,21,32-33H,5-16,19-20H2,1-4H3,(H,31,36). The van der Waals surface area contributed by atoms with Crippen molar-refractivity contribution in [3.8, 4) is 6.07 Å². The molecule has 1 aromatic carbocycles. The lowest BCUT2D eigenvalue weighted by molar-refractivity contribution is -0.114. The molecule has 3 N–H and O–H groups in total. The van der Waals surface area contributed by atoms with Crippen LogP contribution in [-0.2, 0) is 4.79 Å². The number of aromatic nitrogens is 1. The van der Waals surface area contributed by atoms with Crippen molar-refractivity contribution in [3.05, 3.63) is 29.5 Å². The average molecular weight is 527 g/mol. The van der Waals surface area contributed by atoms with Crippen molar-refractivity contribution in [2.75, 3.05) is 34.2 Å². The quantitative estimate of drug-likeness (QED) is 0.126. The van der Waals surface area contributed by atoms with Gasteiger partial charge in [0.05, 0.1) is 17.1 Å². The number of nitrogens with one attached hydrogen (secondary N) is 3. The molecule has 204 valence electrons. The summed E-state index contributed by atoms with van der Waals surface area (Å²) in [5.41, 5.74) is 10.1. The zero-order valence-electron chi connectivity index (χ0n) is 23.3. The number of carbonyl (C=O) groups is 1. The molecular formula is C29H46N6OS. The summed E-state index contributed by atoms with van der Waals surface area (Å²) in [7, 11) is 0. The van der Waals surface area contributed by atoms with Crippen LogP contribution in [0.1, 0.15) is 109 Å². The summed E-state index contributed by atoms with van der Waals surface area (Å²) in [6.07, 6.45) is 15.3. The van der Waals surface area contributed by atoms with E-state index in [-0.39, 0.29) is 5.91 Å². The highest BCUT2D eigenvalue weighted by Crippen LogP contribution is 2.30. The first-order valence-electron chi connectivity index (χ1n) is 14.0. The summed E-state index contributed by atoms with van der Waals surface area (Å²) in [4.78, 5) is 14.5. The van der Waals surface area contributed by atoms with Gasteiger partial charge in [0.25, 0.3) is 0 Å². The van der Waals surface area contributed by atoms with Crippen molar-refractivity contribution in [1.29, 1.82) is 5.26 Å². The van der Waals surface area contributed by atoms with Crippen LogP contribution in [0.25, 0.3) is 0 Å². The van der Waals surface area contributed by atoms with Gasteiger partial charge in [-0.25, -0.2) is 0 Å². The minimum Gasteiger partial charge on any atom is -0.371 e. The molecule has 0 aliphatic heterocycles. The van der Waals surface area contributed by atoms with Gasteiger partial charge < -0.3 is 10.2 Å². The van der Waals surface area contributed by atoms with Gasteiger partial charge in [0.1, 0.15) is 16.6 Å². The Kier molecular flexibility index (Phi) is 14.5. The van der Waals surface area contributed by atoms with Gasteiger partial charge in [0.2, 0.25) is 5.91 Å². The molecule has 0 atom stereocenters. The number of benzene rings is 1. The third-order valence-electron chi connectivity index (χ3n) is 6.53. The predicted octanol–water partition coefficient (Wildman–Crippen LogP) is 8.25. The van der Waals surface area contributed by atoms with Gasteiger partial charge in [0.15, 0.2) is 0 Å². The van der Waals surface area contributed by atoms with Crippen molar-refractivity contribution in [2.45, 2.75) is 105 Å². The number of amides is 1. The van der Waals surface area contributed by atoms with E-state index in [2.05, 4.69) is 57.5 Å². The van der Waals surface area contributed by atoms with Gasteiger partial charge in [-0.1, -0.05) is 78.1 Å². The zero-order valence-corrected chi connectivity index (χ0v) is 24.1. The fourth-order valence-electron chi connectivity index (χ4n) is 4.38. The highest BCUT2D eigenvalue weighted by Gasteiger charge is 2.13. The van der Waals surface area contributed by atoms with Crippen molar-refractivity contribution in [1.82, 2.24) is 4.37 Å². The van der Waals surface area contributed by atoms with Crippen LogP contribution in [0.4, 0.5) is 22.1 Å². The molecule has 7 nitrogen and oxygen atoms in total. The van der Waals surface area contributed by atoms with Gasteiger partial charge in [-0.2, -0.15) is 9.64 Å². The molecule has 2 rings (SSSR count). The Bertz CT molecular complexity index is 967. The van der Waals surface area contributed by atoms with Gasteiger partial charge in [-0.15, -0.1) is 0 Å². The van der Waals surface area contributed by atoms with Crippen LogP contribution in [0.5, 0.6) is 0 Å². The SMILES string of the molecule is CCCCCCCCN(CCCCCCCC)c1ccc(NNc2snc(C)c2C#N)c(NC(C)=O)c1. The highest BCUT2D eigenvalue weighted by atomic mass is 32.1. The van der Waals surface area contributed by atoms with E-state index in [0.29, 0.717) is 21.9 Å². The molecule has 2 aromatic rings. The number of hydrazine groups is 1. The lowest BCUT2D eigenvalue weighted by Gasteiger charge is -2.26. The van der Waals surface area contributed by atoms with Crippen LogP contribution in [-0.4, -0.2) is 23.4 Å². The Labute approximate surface area is 228 Å². The lowest BCUT2D eigenvalue weighted by atomic mass is 10.1. The number of nitrogens with zero attached hydrogens (tertiary/aromatic N) is 3. The molecule has 0 spiro atoms. The van der Waals surface area contributed by atoms with E-state index in [1.165, 1.54) is 95.5 Å². The van der Waals surface area contributed by atoms with Crippen LogP contribution >= 0.6 is 11.5 Å². The average Bonchev–Trinajstić information content (AvgIpc) is 3.24. The first-order valence-corrected chi connectivity index (χ1v) is 14.8. The summed E-state index contributed by atoms with van der Waals surface area (Å²) in [6, 6.07) is 8.36. The topological polar surface area (TPSA) is 93.1 Å². The van der Waals surface area contributed by atoms with Crippen LogP contribution in [0.15, 0.2) is 18.2 Å². The second kappa shape index (κ2) is 17.6. The number of hydrogen-bond acceptors (Lipinski definition) is 7. The Balaban J connectivity index is 2.12. The maximum absolute atomic E-state index is 12.0. The minimum atomic E-state index is -0.120. The Morgan fingerprint density at radius 3 is 2.08 bits per heavy atom. The van der Waals surface area contributed by atoms with E-state index in [1.54, 1.807) is 0 Å². The molecule has 8 heteroatoms. The normalized spacial score (nSPS) is 10.7. The summed E-state index contributed by atoms with van der Waals surface area (Å²) < 4.78 is 4.25. The lowest BCUT2D eigenvalue weighted by Crippen LogP contribution is -2.26. The maximum Gasteiger partial charge on any atom is 0.221 e. The Morgan fingerprint density at radius 2 is 1.51 bits per heavy atom. The summed E-state index contributed by atoms with van der Waals surface area (Å²) in [6.45, 7) is 9.90. The highest BCUT2D eigenvalue weighted by molar-refractivity contribution is 7.10. The minimum absolute atomic E-state index is 0.120. The number of aryl methyl sites for hydroxylation is 1. The Morgan fingerprint density at radius 1 is 0.919 bits per heavy atom. The third-order valence-corrected chi connectivity index (χ3v) is 7.38. The van der Waals surface area contributed by atoms with E-state index < -0.39 is 0 Å². The number of nitriles is 1. The fraction of sp³-hybridized carbons (Fsp3) is 0.621. The second-order valence-electron chi connectivity index (χ2n) is 9.77. The van der Waals surface area contributed by atoms with Gasteiger partial charge in [-0.3, -0.25) is 15.6 Å². The largest absolute Gasteiger partial charge is 0.371 e. The van der Waals surface area contributed by atoms with Crippen molar-refractivity contribution >= 4 is 39.5 Å². The number of anilines is 4. The van der Waals surface area contributed by atoms with Gasteiger partial charge in [-0.05, 0) is 49.5 Å². The molecule has 1 heterocycles. The number of rotatable bonds is 19. The van der Waals surface area contributed by atoms with Crippen LogP contribution in [0.3, 0.4) is 0 Å². The molecule has 0 saturated carbocycles. The molecular weight excluding hydrogens is 480 g/mol. The molecule has 0 aliphatic carbocycles. The molecule has 0 aliphatic rings. The molecule has 0 saturated heterocycles.